The number of aliphatic hydroxyl groups is 3. The molecule has 0 radical (unpaired) electrons. The number of hydrogen-bond donors (Lipinski definition) is 3. The highest BCUT2D eigenvalue weighted by molar-refractivity contribution is 5.59. The first kappa shape index (κ1) is 14.3. The summed E-state index contributed by atoms with van der Waals surface area (Å²) in [6, 6.07) is 2.35. The second-order valence-corrected chi connectivity index (χ2v) is 7.92. The third kappa shape index (κ3) is 7.13. The van der Waals surface area contributed by atoms with Crippen molar-refractivity contribution in [2.75, 3.05) is 13.2 Å². The summed E-state index contributed by atoms with van der Waals surface area (Å²) in [6.07, 6.45) is -13.4. The van der Waals surface area contributed by atoms with E-state index in [1.807, 2.05) is 0 Å². The predicted molar refractivity (Wildman–Crippen MR) is 133 cm³/mol. The molecule has 0 aliphatic carbocycles. The summed E-state index contributed by atoms with van der Waals surface area (Å²) in [6.45, 7) is -15.4. The van der Waals surface area contributed by atoms with Gasteiger partial charge in [0.05, 0.1) is 12.7 Å². The van der Waals surface area contributed by atoms with Crippen LogP contribution >= 0.6 is 0 Å². The van der Waals surface area contributed by atoms with Gasteiger partial charge < -0.3 is 39.0 Å². The van der Waals surface area contributed by atoms with Crippen LogP contribution in [0.1, 0.15) is 77.8 Å². The molecule has 2 heterocycles. The van der Waals surface area contributed by atoms with E-state index in [1.165, 1.54) is 31.2 Å². The Morgan fingerprint density at radius 1 is 1.11 bits per heavy atom. The zero-order valence-corrected chi connectivity index (χ0v) is 19.7. The summed E-state index contributed by atoms with van der Waals surface area (Å²) in [5, 5.41) is 35.7. The molecule has 1 fully saturated rings. The van der Waals surface area contributed by atoms with Gasteiger partial charge in [0, 0.05) is 44.3 Å². The Kier molecular flexibility index (Phi) is 4.88. The lowest BCUT2D eigenvalue weighted by Crippen LogP contribution is -2.60. The smallest absolute Gasteiger partial charge is 0.491 e. The topological polar surface area (TPSA) is 142 Å². The number of ether oxygens (including phenoxy) is 5. The van der Waals surface area contributed by atoms with Crippen LogP contribution in [0.4, 0.5) is 4.79 Å². The second-order valence-electron chi connectivity index (χ2n) is 7.92. The van der Waals surface area contributed by atoms with Crippen LogP contribution in [0.25, 0.3) is 0 Å². The van der Waals surface area contributed by atoms with Crippen molar-refractivity contribution in [1.82, 2.24) is 9.78 Å². The Balaban J connectivity index is 2.14. The fourth-order valence-corrected chi connectivity index (χ4v) is 3.49. The van der Waals surface area contributed by atoms with Gasteiger partial charge in [-0.3, -0.25) is 4.68 Å². The van der Waals surface area contributed by atoms with Crippen LogP contribution in [0.2, 0.25) is 0 Å². The third-order valence-corrected chi connectivity index (χ3v) is 5.30. The van der Waals surface area contributed by atoms with Crippen molar-refractivity contribution in [3.63, 3.8) is 0 Å². The van der Waals surface area contributed by atoms with Gasteiger partial charge in [0.2, 0.25) is 12.2 Å². The van der Waals surface area contributed by atoms with Gasteiger partial charge in [-0.15, -0.1) is 5.10 Å². The average Bonchev–Trinajstić information content (AvgIpc) is 3.30. The Bertz CT molecular complexity index is 1480. The van der Waals surface area contributed by atoms with Gasteiger partial charge >= 0.3 is 6.16 Å². The Morgan fingerprint density at radius 2 is 1.86 bits per heavy atom. The number of aliphatic hydroxyl groups excluding tert-OH is 3. The van der Waals surface area contributed by atoms with Gasteiger partial charge in [-0.2, -0.15) is 0 Å². The van der Waals surface area contributed by atoms with E-state index >= 15 is 0 Å². The van der Waals surface area contributed by atoms with Crippen LogP contribution in [0.3, 0.4) is 0 Å². The molecule has 0 spiro atoms. The maximum absolute atomic E-state index is 11.7. The molecule has 11 nitrogen and oxygen atoms in total. The monoisotopic (exact) mass is 537 g/mol. The van der Waals surface area contributed by atoms with Crippen LogP contribution in [-0.2, 0) is 20.6 Å². The molecule has 0 saturated carbocycles. The average molecular weight is 538 g/mol. The maximum atomic E-state index is 11.7. The molecule has 5 atom stereocenters. The standard InChI is InChI=1S/C26H38N2O9/c1-7-33-26(32)34-13-20-21(29)22(30)23(31)25(36-20)37-24-19(16(6)28(27-24)14(2)3)12-17-8-10-18(11-9-17)35-15(4)5/h8-11,14-15,20-23,25,29-31H,7,12-13H2,1-6H3/t20-,21-,22+,23-,25+/m1/s1/i2D3,3D3,4D3,5D3,6D3. The molecule has 1 aliphatic rings. The fourth-order valence-electron chi connectivity index (χ4n) is 3.49. The first-order chi connectivity index (χ1) is 23.6. The van der Waals surface area contributed by atoms with E-state index in [-0.39, 0.29) is 22.6 Å². The normalized spacial score (nSPS) is 31.5. The van der Waals surface area contributed by atoms with Crippen molar-refractivity contribution in [3.05, 3.63) is 41.1 Å². The van der Waals surface area contributed by atoms with E-state index in [4.69, 9.17) is 39.5 Å². The Labute approximate surface area is 237 Å². The molecule has 1 aromatic heterocycles. The minimum absolute atomic E-state index is 0.0640. The molecule has 0 amide bonds. The van der Waals surface area contributed by atoms with Crippen LogP contribution in [0, 0.1) is 6.85 Å². The van der Waals surface area contributed by atoms with Crippen LogP contribution < -0.4 is 9.47 Å². The lowest BCUT2D eigenvalue weighted by molar-refractivity contribution is -0.278. The van der Waals surface area contributed by atoms with Gasteiger partial charge in [-0.25, -0.2) is 4.79 Å². The SMILES string of the molecule is [2H]C([2H])([2H])c1c(Cc2ccc(OC(C([2H])([2H])[2H])C([2H])([2H])[2H])cc2)c(O[C@@H]2O[C@H](COC(=O)OCC)[C@@H](O)[C@H](O)[C@H]2O)nn1C(C([2H])([2H])[2H])C([2H])([2H])[2H]. The summed E-state index contributed by atoms with van der Waals surface area (Å²) < 4.78 is 144. The van der Waals surface area contributed by atoms with E-state index in [1.54, 1.807) is 0 Å². The van der Waals surface area contributed by atoms with Crippen molar-refractivity contribution in [3.8, 4) is 11.6 Å². The molecular formula is C26H38N2O9. The third-order valence-electron chi connectivity index (χ3n) is 5.30. The lowest BCUT2D eigenvalue weighted by atomic mass is 9.99. The second kappa shape index (κ2) is 12.6. The van der Waals surface area contributed by atoms with Crippen molar-refractivity contribution in [2.45, 2.75) is 90.5 Å². The molecule has 1 saturated heterocycles. The molecule has 1 aliphatic heterocycles. The highest BCUT2D eigenvalue weighted by Gasteiger charge is 2.46. The van der Waals surface area contributed by atoms with E-state index < -0.39 is 113 Å². The molecule has 2 aromatic rings. The summed E-state index contributed by atoms with van der Waals surface area (Å²) >= 11 is 0. The van der Waals surface area contributed by atoms with Crippen molar-refractivity contribution in [1.29, 1.82) is 0 Å². The molecule has 0 unspecified atom stereocenters. The number of benzene rings is 1. The van der Waals surface area contributed by atoms with Gasteiger partial charge in [-0.05, 0) is 58.9 Å². The van der Waals surface area contributed by atoms with Crippen LogP contribution in [0.5, 0.6) is 11.6 Å². The van der Waals surface area contributed by atoms with Gasteiger partial charge in [0.15, 0.2) is 0 Å². The predicted octanol–water partition coefficient (Wildman–Crippen LogP) is 2.51. The summed E-state index contributed by atoms with van der Waals surface area (Å²) in [5.41, 5.74) is -1.16. The van der Waals surface area contributed by atoms with Gasteiger partial charge in [0.25, 0.3) is 0 Å². The minimum Gasteiger partial charge on any atom is -0.491 e. The maximum Gasteiger partial charge on any atom is 0.508 e. The van der Waals surface area contributed by atoms with E-state index in [2.05, 4.69) is 9.84 Å². The highest BCUT2D eigenvalue weighted by atomic mass is 16.7. The van der Waals surface area contributed by atoms with Gasteiger partial charge in [-0.1, -0.05) is 12.1 Å². The number of aromatic nitrogens is 2. The van der Waals surface area contributed by atoms with Crippen LogP contribution in [0.15, 0.2) is 24.3 Å². The zero-order valence-electron chi connectivity index (χ0n) is 34.7. The number of hydrogen-bond acceptors (Lipinski definition) is 10. The lowest BCUT2D eigenvalue weighted by Gasteiger charge is -2.39. The number of carbonyl (C=O) groups excluding carboxylic acids is 1. The molecule has 206 valence electrons. The summed E-state index contributed by atoms with van der Waals surface area (Å²) in [5.74, 6) is -0.969. The molecule has 3 N–H and O–H groups in total. The largest absolute Gasteiger partial charge is 0.508 e. The number of carbonyl (C=O) groups is 1. The molecule has 3 rings (SSSR count). The molecule has 37 heavy (non-hydrogen) atoms. The Morgan fingerprint density at radius 3 is 2.51 bits per heavy atom. The molecule has 11 heteroatoms. The number of rotatable bonds is 10. The molecule has 0 bridgehead atoms. The minimum atomic E-state index is -3.37. The van der Waals surface area contributed by atoms with Crippen molar-refractivity contribution in [2.24, 2.45) is 0 Å². The van der Waals surface area contributed by atoms with E-state index in [9.17, 15) is 20.1 Å². The van der Waals surface area contributed by atoms with Crippen LogP contribution in [-0.4, -0.2) is 81.3 Å². The highest BCUT2D eigenvalue weighted by Crippen LogP contribution is 2.31. The zero-order chi connectivity index (χ0) is 39.8. The Hall–Kier alpha value is -2.86. The fraction of sp³-hybridized carbons (Fsp3) is 0.615. The van der Waals surface area contributed by atoms with Crippen molar-refractivity contribution < 1.29 is 64.4 Å². The van der Waals surface area contributed by atoms with Crippen molar-refractivity contribution >= 4 is 6.16 Å². The molecular weight excluding hydrogens is 484 g/mol. The number of nitrogens with zero attached hydrogens (tertiary/aromatic N) is 2. The quantitative estimate of drug-likeness (QED) is 0.387. The van der Waals surface area contributed by atoms with E-state index in [0.29, 0.717) is 0 Å². The summed E-state index contributed by atoms with van der Waals surface area (Å²) in [4.78, 5) is 11.7. The first-order valence-corrected chi connectivity index (χ1v) is 11.1. The first-order valence-electron chi connectivity index (χ1n) is 18.6. The molecule has 1 aromatic carbocycles. The van der Waals surface area contributed by atoms with Gasteiger partial charge in [0.1, 0.15) is 36.8 Å². The summed E-state index contributed by atoms with van der Waals surface area (Å²) in [7, 11) is 0. The van der Waals surface area contributed by atoms with E-state index in [0.717, 1.165) is 0 Å².